The standard InChI is InChI=1S/C29H38ClNO6/c1-5-26(27(33)34)36-24-14-8-10-20(17-24)19-9-7-13-23(16-19)31(28(35)37-29(2,3)4)18-25(32)21-11-6-12-22(30)15-21/h6,8,10-12,14-15,17,19,23,25-26,32H,5,7,9,13,16,18H2,1-4H3,(H,33,34)/t19?,23?,25?,26-/m1/s1. The fourth-order valence-corrected chi connectivity index (χ4v) is 4.96. The van der Waals surface area contributed by atoms with Gasteiger partial charge in [0.2, 0.25) is 0 Å². The normalized spacial score (nSPS) is 19.5. The first kappa shape index (κ1) is 28.8. The molecule has 4 atom stereocenters. The Morgan fingerprint density at radius 2 is 1.86 bits per heavy atom. The SMILES string of the molecule is CC[C@@H](Oc1cccc(C2CCCC(N(CC(O)c3cccc(Cl)c3)C(=O)OC(C)(C)C)C2)c1)C(=O)O. The highest BCUT2D eigenvalue weighted by Crippen LogP contribution is 2.37. The molecule has 8 heteroatoms. The van der Waals surface area contributed by atoms with Crippen LogP contribution < -0.4 is 4.74 Å². The third kappa shape index (κ3) is 8.37. The summed E-state index contributed by atoms with van der Waals surface area (Å²) in [5, 5.41) is 20.9. The van der Waals surface area contributed by atoms with E-state index in [4.69, 9.17) is 21.1 Å². The van der Waals surface area contributed by atoms with E-state index in [-0.39, 0.29) is 18.5 Å². The van der Waals surface area contributed by atoms with Crippen molar-refractivity contribution in [2.24, 2.45) is 0 Å². The third-order valence-electron chi connectivity index (χ3n) is 6.57. The average molecular weight is 532 g/mol. The molecule has 2 N–H and O–H groups in total. The van der Waals surface area contributed by atoms with E-state index in [1.54, 1.807) is 42.2 Å². The summed E-state index contributed by atoms with van der Waals surface area (Å²) in [5.74, 6) is -0.313. The van der Waals surface area contributed by atoms with Crippen LogP contribution in [0.5, 0.6) is 5.75 Å². The molecule has 0 aromatic heterocycles. The molecule has 0 heterocycles. The van der Waals surface area contributed by atoms with E-state index < -0.39 is 29.9 Å². The van der Waals surface area contributed by atoms with Gasteiger partial charge in [-0.2, -0.15) is 0 Å². The van der Waals surface area contributed by atoms with E-state index in [0.717, 1.165) is 24.8 Å². The minimum absolute atomic E-state index is 0.0899. The first-order chi connectivity index (χ1) is 17.5. The number of carbonyl (C=O) groups is 2. The summed E-state index contributed by atoms with van der Waals surface area (Å²) in [6, 6.07) is 14.4. The van der Waals surface area contributed by atoms with Gasteiger partial charge in [-0.15, -0.1) is 0 Å². The van der Waals surface area contributed by atoms with Crippen LogP contribution in [-0.4, -0.2) is 51.5 Å². The number of halogens is 1. The largest absolute Gasteiger partial charge is 0.479 e. The molecule has 2 aromatic carbocycles. The molecule has 3 unspecified atom stereocenters. The molecule has 0 saturated heterocycles. The Balaban J connectivity index is 1.81. The molecule has 1 saturated carbocycles. The van der Waals surface area contributed by atoms with Crippen LogP contribution in [0.1, 0.15) is 82.9 Å². The monoisotopic (exact) mass is 531 g/mol. The van der Waals surface area contributed by atoms with Crippen molar-refractivity contribution < 1.29 is 29.3 Å². The lowest BCUT2D eigenvalue weighted by molar-refractivity contribution is -0.145. The molecule has 7 nitrogen and oxygen atoms in total. The molecule has 2 aromatic rings. The van der Waals surface area contributed by atoms with Crippen molar-refractivity contribution in [1.82, 2.24) is 4.90 Å². The number of hydrogen-bond donors (Lipinski definition) is 2. The van der Waals surface area contributed by atoms with E-state index in [1.165, 1.54) is 0 Å². The van der Waals surface area contributed by atoms with Gasteiger partial charge in [0.15, 0.2) is 6.10 Å². The Kier molecular flexibility index (Phi) is 9.85. The van der Waals surface area contributed by atoms with Crippen LogP contribution in [0.4, 0.5) is 4.79 Å². The second-order valence-corrected chi connectivity index (χ2v) is 11.1. The van der Waals surface area contributed by atoms with Gasteiger partial charge < -0.3 is 24.6 Å². The van der Waals surface area contributed by atoms with Crippen molar-refractivity contribution in [3.8, 4) is 5.75 Å². The van der Waals surface area contributed by atoms with Gasteiger partial charge in [-0.05, 0) is 87.8 Å². The van der Waals surface area contributed by atoms with E-state index >= 15 is 0 Å². The predicted octanol–water partition coefficient (Wildman–Crippen LogP) is 6.58. The van der Waals surface area contributed by atoms with E-state index in [2.05, 4.69) is 0 Å². The minimum Gasteiger partial charge on any atom is -0.479 e. The van der Waals surface area contributed by atoms with Crippen LogP contribution in [0.3, 0.4) is 0 Å². The Morgan fingerprint density at radius 1 is 1.14 bits per heavy atom. The number of aliphatic hydroxyl groups is 1. The zero-order chi connectivity index (χ0) is 27.2. The van der Waals surface area contributed by atoms with Crippen molar-refractivity contribution >= 4 is 23.7 Å². The predicted molar refractivity (Wildman–Crippen MR) is 143 cm³/mol. The summed E-state index contributed by atoms with van der Waals surface area (Å²) >= 11 is 6.12. The first-order valence-electron chi connectivity index (χ1n) is 12.9. The number of aliphatic hydroxyl groups excluding tert-OH is 1. The van der Waals surface area contributed by atoms with Crippen molar-refractivity contribution in [3.63, 3.8) is 0 Å². The number of ether oxygens (including phenoxy) is 2. The second kappa shape index (κ2) is 12.7. The number of rotatable bonds is 9. The Morgan fingerprint density at radius 3 is 2.51 bits per heavy atom. The maximum absolute atomic E-state index is 13.3. The van der Waals surface area contributed by atoms with E-state index in [9.17, 15) is 19.8 Å². The Labute approximate surface area is 224 Å². The van der Waals surface area contributed by atoms with Crippen molar-refractivity contribution in [2.45, 2.75) is 89.6 Å². The molecule has 1 fully saturated rings. The van der Waals surface area contributed by atoms with Crippen LogP contribution in [-0.2, 0) is 9.53 Å². The van der Waals surface area contributed by atoms with Crippen LogP contribution in [0.25, 0.3) is 0 Å². The number of amides is 1. The minimum atomic E-state index is -0.989. The Hall–Kier alpha value is -2.77. The van der Waals surface area contributed by atoms with Crippen LogP contribution in [0, 0.1) is 0 Å². The van der Waals surface area contributed by atoms with Gasteiger partial charge >= 0.3 is 12.1 Å². The van der Waals surface area contributed by atoms with E-state index in [1.807, 2.05) is 39.0 Å². The molecule has 1 amide bonds. The lowest BCUT2D eigenvalue weighted by atomic mass is 9.80. The molecular formula is C29H38ClNO6. The number of carboxylic acid groups (broad SMARTS) is 1. The maximum Gasteiger partial charge on any atom is 0.410 e. The molecule has 202 valence electrons. The highest BCUT2D eigenvalue weighted by Gasteiger charge is 2.34. The molecular weight excluding hydrogens is 494 g/mol. The quantitative estimate of drug-likeness (QED) is 0.379. The molecule has 0 aliphatic heterocycles. The van der Waals surface area contributed by atoms with E-state index in [0.29, 0.717) is 29.2 Å². The number of benzene rings is 2. The molecule has 0 radical (unpaired) electrons. The lowest BCUT2D eigenvalue weighted by Gasteiger charge is -2.39. The van der Waals surface area contributed by atoms with Gasteiger partial charge in [0.1, 0.15) is 11.4 Å². The van der Waals surface area contributed by atoms with Gasteiger partial charge in [0, 0.05) is 11.1 Å². The topological polar surface area (TPSA) is 96.3 Å². The zero-order valence-electron chi connectivity index (χ0n) is 22.0. The summed E-state index contributed by atoms with van der Waals surface area (Å²) in [6.45, 7) is 7.34. The van der Waals surface area contributed by atoms with Crippen LogP contribution >= 0.6 is 11.6 Å². The number of aliphatic carboxylic acids is 1. The van der Waals surface area contributed by atoms with Crippen molar-refractivity contribution in [1.29, 1.82) is 0 Å². The van der Waals surface area contributed by atoms with Gasteiger partial charge in [0.05, 0.1) is 12.6 Å². The maximum atomic E-state index is 13.3. The van der Waals surface area contributed by atoms with Crippen molar-refractivity contribution in [3.05, 3.63) is 64.7 Å². The van der Waals surface area contributed by atoms with Gasteiger partial charge in [0.25, 0.3) is 0 Å². The van der Waals surface area contributed by atoms with Gasteiger partial charge in [-0.3, -0.25) is 0 Å². The number of carboxylic acids is 1. The van der Waals surface area contributed by atoms with Crippen LogP contribution in [0.2, 0.25) is 5.02 Å². The summed E-state index contributed by atoms with van der Waals surface area (Å²) in [5.41, 5.74) is 1.01. The summed E-state index contributed by atoms with van der Waals surface area (Å²) < 4.78 is 11.4. The first-order valence-corrected chi connectivity index (χ1v) is 13.3. The zero-order valence-corrected chi connectivity index (χ0v) is 22.8. The highest BCUT2D eigenvalue weighted by atomic mass is 35.5. The lowest BCUT2D eigenvalue weighted by Crippen LogP contribution is -2.47. The molecule has 1 aliphatic carbocycles. The fourth-order valence-electron chi connectivity index (χ4n) is 4.76. The second-order valence-electron chi connectivity index (χ2n) is 10.6. The highest BCUT2D eigenvalue weighted by molar-refractivity contribution is 6.30. The number of carbonyl (C=O) groups excluding carboxylic acids is 1. The van der Waals surface area contributed by atoms with Crippen molar-refractivity contribution in [2.75, 3.05) is 6.54 Å². The Bertz CT molecular complexity index is 1070. The molecule has 0 bridgehead atoms. The average Bonchev–Trinajstić information content (AvgIpc) is 2.84. The van der Waals surface area contributed by atoms with Crippen LogP contribution in [0.15, 0.2) is 48.5 Å². The summed E-state index contributed by atoms with van der Waals surface area (Å²) in [4.78, 5) is 26.4. The fraction of sp³-hybridized carbons (Fsp3) is 0.517. The molecule has 0 spiro atoms. The number of hydrogen-bond acceptors (Lipinski definition) is 5. The summed E-state index contributed by atoms with van der Waals surface area (Å²) in [7, 11) is 0. The van der Waals surface area contributed by atoms with Gasteiger partial charge in [-0.1, -0.05) is 49.2 Å². The molecule has 3 rings (SSSR count). The third-order valence-corrected chi connectivity index (χ3v) is 6.81. The number of nitrogens with zero attached hydrogens (tertiary/aromatic N) is 1. The molecule has 37 heavy (non-hydrogen) atoms. The van der Waals surface area contributed by atoms with Gasteiger partial charge in [-0.25, -0.2) is 9.59 Å². The molecule has 1 aliphatic rings. The summed E-state index contributed by atoms with van der Waals surface area (Å²) in [6.07, 6.45) is 1.44. The smallest absolute Gasteiger partial charge is 0.410 e.